The topological polar surface area (TPSA) is 0 Å². The lowest BCUT2D eigenvalue weighted by atomic mass is 9.83. The van der Waals surface area contributed by atoms with Crippen LogP contribution in [0.2, 0.25) is 0 Å². The van der Waals surface area contributed by atoms with Crippen molar-refractivity contribution in [2.24, 2.45) is 0 Å². The number of fused-ring (bicyclic) bond motifs is 5. The lowest BCUT2D eigenvalue weighted by molar-refractivity contribution is -0.138. The van der Waals surface area contributed by atoms with Crippen molar-refractivity contribution < 1.29 is 26.3 Å². The van der Waals surface area contributed by atoms with Crippen LogP contribution in [0.4, 0.5) is 26.3 Å². The van der Waals surface area contributed by atoms with Crippen LogP contribution in [0.15, 0.2) is 146 Å². The highest BCUT2D eigenvalue weighted by molar-refractivity contribution is 6.26. The Labute approximate surface area is 271 Å². The predicted octanol–water partition coefficient (Wildman–Crippen LogP) is 13.3. The number of rotatable bonds is 3. The molecular weight excluding hydrogens is 618 g/mol. The van der Waals surface area contributed by atoms with E-state index in [-0.39, 0.29) is 0 Å². The summed E-state index contributed by atoms with van der Waals surface area (Å²) in [5.74, 6) is 0. The number of halogens is 6. The zero-order valence-electron chi connectivity index (χ0n) is 25.1. The van der Waals surface area contributed by atoms with Crippen LogP contribution in [0.25, 0.3) is 76.5 Å². The minimum Gasteiger partial charge on any atom is -0.166 e. The largest absolute Gasteiger partial charge is 0.416 e. The molecule has 0 saturated carbocycles. The minimum atomic E-state index is -4.56. The summed E-state index contributed by atoms with van der Waals surface area (Å²) >= 11 is 0. The van der Waals surface area contributed by atoms with E-state index < -0.39 is 23.5 Å². The molecule has 234 valence electrons. The normalized spacial score (nSPS) is 12.4. The van der Waals surface area contributed by atoms with Crippen LogP contribution in [0.1, 0.15) is 11.1 Å². The van der Waals surface area contributed by atoms with Gasteiger partial charge in [0.25, 0.3) is 0 Å². The third-order valence-electron chi connectivity index (χ3n) is 9.06. The Morgan fingerprint density at radius 3 is 1.48 bits per heavy atom. The first-order valence-electron chi connectivity index (χ1n) is 15.3. The summed E-state index contributed by atoms with van der Waals surface area (Å²) in [5.41, 5.74) is 2.10. The summed E-state index contributed by atoms with van der Waals surface area (Å²) in [7, 11) is 0. The van der Waals surface area contributed by atoms with Crippen LogP contribution in [0, 0.1) is 0 Å². The van der Waals surface area contributed by atoms with Crippen LogP contribution in [-0.4, -0.2) is 0 Å². The molecule has 0 heterocycles. The number of hydrogen-bond acceptors (Lipinski definition) is 0. The fraction of sp³-hybridized carbons (Fsp3) is 0.0476. The Bertz CT molecular complexity index is 2540. The first-order valence-corrected chi connectivity index (χ1v) is 15.3. The molecule has 0 aliphatic rings. The van der Waals surface area contributed by atoms with Crippen molar-refractivity contribution in [3.05, 3.63) is 157 Å². The molecule has 0 aliphatic carbocycles. The highest BCUT2D eigenvalue weighted by Crippen LogP contribution is 2.48. The van der Waals surface area contributed by atoms with Crippen LogP contribution in [0.3, 0.4) is 0 Å². The predicted molar refractivity (Wildman–Crippen MR) is 183 cm³/mol. The molecule has 0 bridgehead atoms. The second-order valence-corrected chi connectivity index (χ2v) is 11.9. The van der Waals surface area contributed by atoms with Gasteiger partial charge < -0.3 is 0 Å². The Hall–Kier alpha value is -5.62. The number of hydrogen-bond donors (Lipinski definition) is 0. The van der Waals surface area contributed by atoms with E-state index in [9.17, 15) is 26.3 Å². The van der Waals surface area contributed by atoms with Crippen molar-refractivity contribution in [3.63, 3.8) is 0 Å². The molecule has 0 unspecified atom stereocenters. The SMILES string of the molecule is FC(F)(F)c1cccc(-c2ccc3c(-c4cc5ccccc5c5ccccc45)c4ccccc4c(-c4cccc(C(F)(F)F)c4)c3c2)c1. The van der Waals surface area contributed by atoms with Gasteiger partial charge in [0.05, 0.1) is 11.1 Å². The van der Waals surface area contributed by atoms with Crippen molar-refractivity contribution in [2.75, 3.05) is 0 Å². The molecule has 8 aromatic carbocycles. The van der Waals surface area contributed by atoms with Gasteiger partial charge in [0.2, 0.25) is 0 Å². The molecule has 0 saturated heterocycles. The second-order valence-electron chi connectivity index (χ2n) is 11.9. The zero-order chi connectivity index (χ0) is 33.2. The molecule has 8 aromatic rings. The van der Waals surface area contributed by atoms with Crippen molar-refractivity contribution in [2.45, 2.75) is 12.4 Å². The van der Waals surface area contributed by atoms with Gasteiger partial charge >= 0.3 is 12.4 Å². The van der Waals surface area contributed by atoms with Gasteiger partial charge in [-0.3, -0.25) is 0 Å². The second kappa shape index (κ2) is 11.0. The molecule has 0 atom stereocenters. The van der Waals surface area contributed by atoms with Crippen LogP contribution < -0.4 is 0 Å². The lowest BCUT2D eigenvalue weighted by Crippen LogP contribution is -2.04. The highest BCUT2D eigenvalue weighted by Gasteiger charge is 2.32. The van der Waals surface area contributed by atoms with Gasteiger partial charge in [0.15, 0.2) is 0 Å². The Morgan fingerprint density at radius 2 is 0.812 bits per heavy atom. The quantitative estimate of drug-likeness (QED) is 0.102. The molecule has 0 spiro atoms. The van der Waals surface area contributed by atoms with Gasteiger partial charge in [-0.2, -0.15) is 26.3 Å². The molecule has 6 heteroatoms. The van der Waals surface area contributed by atoms with E-state index >= 15 is 0 Å². The van der Waals surface area contributed by atoms with Crippen LogP contribution in [0.5, 0.6) is 0 Å². The molecule has 0 N–H and O–H groups in total. The van der Waals surface area contributed by atoms with Gasteiger partial charge in [0, 0.05) is 0 Å². The average Bonchev–Trinajstić information content (AvgIpc) is 3.09. The average molecular weight is 643 g/mol. The van der Waals surface area contributed by atoms with E-state index in [1.54, 1.807) is 24.3 Å². The maximum atomic E-state index is 14.0. The number of alkyl halides is 6. The van der Waals surface area contributed by atoms with Gasteiger partial charge in [-0.05, 0) is 113 Å². The van der Waals surface area contributed by atoms with E-state index in [1.807, 2.05) is 54.6 Å². The van der Waals surface area contributed by atoms with Gasteiger partial charge in [-0.15, -0.1) is 0 Å². The first-order chi connectivity index (χ1) is 23.1. The van der Waals surface area contributed by atoms with E-state index in [4.69, 9.17) is 0 Å². The fourth-order valence-corrected chi connectivity index (χ4v) is 6.95. The Kier molecular flexibility index (Phi) is 6.81. The Balaban J connectivity index is 1.53. The zero-order valence-corrected chi connectivity index (χ0v) is 25.1. The molecule has 0 radical (unpaired) electrons. The molecule has 0 aromatic heterocycles. The van der Waals surface area contributed by atoms with Crippen LogP contribution in [-0.2, 0) is 12.4 Å². The Morgan fingerprint density at radius 1 is 0.312 bits per heavy atom. The van der Waals surface area contributed by atoms with Crippen molar-refractivity contribution in [3.8, 4) is 33.4 Å². The van der Waals surface area contributed by atoms with E-state index in [0.717, 1.165) is 73.1 Å². The monoisotopic (exact) mass is 642 g/mol. The van der Waals surface area contributed by atoms with Crippen molar-refractivity contribution in [1.29, 1.82) is 0 Å². The lowest BCUT2D eigenvalue weighted by Gasteiger charge is -2.21. The van der Waals surface area contributed by atoms with E-state index in [2.05, 4.69) is 30.3 Å². The molecule has 8 rings (SSSR count). The van der Waals surface area contributed by atoms with Gasteiger partial charge in [-0.1, -0.05) is 109 Å². The summed E-state index contributed by atoms with van der Waals surface area (Å²) in [5, 5.41) is 7.19. The third kappa shape index (κ3) is 4.96. The number of benzene rings is 8. The summed E-state index contributed by atoms with van der Waals surface area (Å²) in [6.07, 6.45) is -9.09. The van der Waals surface area contributed by atoms with Gasteiger partial charge in [-0.25, -0.2) is 0 Å². The van der Waals surface area contributed by atoms with Crippen molar-refractivity contribution in [1.82, 2.24) is 0 Å². The highest BCUT2D eigenvalue weighted by atomic mass is 19.4. The van der Waals surface area contributed by atoms with Gasteiger partial charge in [0.1, 0.15) is 0 Å². The third-order valence-corrected chi connectivity index (χ3v) is 9.06. The fourth-order valence-electron chi connectivity index (χ4n) is 6.95. The smallest absolute Gasteiger partial charge is 0.166 e. The molecule has 0 aliphatic heterocycles. The van der Waals surface area contributed by atoms with E-state index in [1.165, 1.54) is 12.1 Å². The van der Waals surface area contributed by atoms with Crippen LogP contribution >= 0.6 is 0 Å². The van der Waals surface area contributed by atoms with Crippen molar-refractivity contribution >= 4 is 43.1 Å². The molecule has 48 heavy (non-hydrogen) atoms. The minimum absolute atomic E-state index is 0.354. The molecule has 0 fully saturated rings. The molecule has 0 nitrogen and oxygen atoms in total. The maximum Gasteiger partial charge on any atom is 0.416 e. The summed E-state index contributed by atoms with van der Waals surface area (Å²) in [4.78, 5) is 0. The van der Waals surface area contributed by atoms with E-state index in [0.29, 0.717) is 27.6 Å². The standard InChI is InChI=1S/C42H24F6/c43-41(44,45)29-12-7-10-25(21-29)26-19-20-36-38(23-26)39(28-11-8-13-30(22-28)42(46,47)48)34-17-5-6-18-35(34)40(36)37-24-27-9-1-2-14-31(27)32-15-3-4-16-33(32)37/h1-24H. The summed E-state index contributed by atoms with van der Waals surface area (Å²) < 4.78 is 83.2. The summed E-state index contributed by atoms with van der Waals surface area (Å²) in [6.45, 7) is 0. The summed E-state index contributed by atoms with van der Waals surface area (Å²) in [6, 6.07) is 41.8. The molecular formula is C42H24F6. The maximum absolute atomic E-state index is 14.0. The first kappa shape index (κ1) is 29.8. The molecule has 0 amide bonds.